The Balaban J connectivity index is 1.81. The van der Waals surface area contributed by atoms with Crippen molar-refractivity contribution in [2.45, 2.75) is 18.5 Å². The number of nitrogens with one attached hydrogen (secondary N) is 1. The van der Waals surface area contributed by atoms with Gasteiger partial charge >= 0.3 is 6.18 Å². The number of alkyl halides is 3. The molecule has 0 fully saturated rings. The molecule has 1 aliphatic heterocycles. The number of benzene rings is 1. The second kappa shape index (κ2) is 8.25. The zero-order chi connectivity index (χ0) is 21.0. The Labute approximate surface area is 161 Å². The molecule has 152 valence electrons. The summed E-state index contributed by atoms with van der Waals surface area (Å²) in [7, 11) is 0. The minimum absolute atomic E-state index is 0.0907. The Morgan fingerprint density at radius 2 is 2.00 bits per heavy atom. The van der Waals surface area contributed by atoms with E-state index in [0.29, 0.717) is 12.0 Å². The van der Waals surface area contributed by atoms with Crippen LogP contribution in [-0.4, -0.2) is 28.9 Å². The predicted molar refractivity (Wildman–Crippen MR) is 89.7 cm³/mol. The maximum atomic E-state index is 14.8. The van der Waals surface area contributed by atoms with Crippen molar-refractivity contribution in [3.05, 3.63) is 53.9 Å². The molecule has 1 N–H and O–H groups in total. The molecule has 7 nitrogen and oxygen atoms in total. The fraction of sp³-hybridized carbons (Fsp3) is 0.222. The van der Waals surface area contributed by atoms with Crippen molar-refractivity contribution in [2.24, 2.45) is 0 Å². The minimum atomic E-state index is -4.70. The summed E-state index contributed by atoms with van der Waals surface area (Å²) in [5.41, 5.74) is 0.458. The van der Waals surface area contributed by atoms with Crippen LogP contribution < -0.4 is 14.8 Å². The third-order valence-corrected chi connectivity index (χ3v) is 3.96. The lowest BCUT2D eigenvalue weighted by Gasteiger charge is -2.24. The zero-order valence-corrected chi connectivity index (χ0v) is 14.6. The highest BCUT2D eigenvalue weighted by atomic mass is 19.4. The molecule has 0 radical (unpaired) electrons. The lowest BCUT2D eigenvalue weighted by Crippen LogP contribution is -2.19. The SMILES string of the molecule is O=CNC(=O)C=CC1CCOc2c1ccc(Oc1cnc(C(F)(F)F)nc1)c2F. The molecular weight excluding hydrogens is 398 g/mol. The summed E-state index contributed by atoms with van der Waals surface area (Å²) in [4.78, 5) is 27.9. The molecule has 0 saturated carbocycles. The highest BCUT2D eigenvalue weighted by Crippen LogP contribution is 2.41. The molecule has 1 aromatic heterocycles. The van der Waals surface area contributed by atoms with Crippen LogP contribution in [0.5, 0.6) is 17.2 Å². The van der Waals surface area contributed by atoms with E-state index >= 15 is 0 Å². The first-order chi connectivity index (χ1) is 13.8. The first-order valence-electron chi connectivity index (χ1n) is 8.24. The van der Waals surface area contributed by atoms with Gasteiger partial charge in [-0.3, -0.25) is 14.9 Å². The molecule has 3 rings (SSSR count). The summed E-state index contributed by atoms with van der Waals surface area (Å²) >= 11 is 0. The van der Waals surface area contributed by atoms with E-state index in [4.69, 9.17) is 9.47 Å². The van der Waals surface area contributed by atoms with Crippen LogP contribution in [0.3, 0.4) is 0 Å². The maximum absolute atomic E-state index is 14.8. The van der Waals surface area contributed by atoms with E-state index in [1.165, 1.54) is 18.2 Å². The number of amides is 2. The number of fused-ring (bicyclic) bond motifs is 1. The quantitative estimate of drug-likeness (QED) is 0.462. The number of carbonyl (C=O) groups is 2. The van der Waals surface area contributed by atoms with Gasteiger partial charge in [0.15, 0.2) is 17.2 Å². The number of carbonyl (C=O) groups excluding carboxylic acids is 2. The van der Waals surface area contributed by atoms with Crippen molar-refractivity contribution >= 4 is 12.3 Å². The molecule has 1 atom stereocenters. The normalized spacial score (nSPS) is 16.1. The molecule has 2 heterocycles. The smallest absolute Gasteiger partial charge is 0.451 e. The lowest BCUT2D eigenvalue weighted by molar-refractivity contribution is -0.145. The number of nitrogens with zero attached hydrogens (tertiary/aromatic N) is 2. The number of aromatic nitrogens is 2. The number of ether oxygens (including phenoxy) is 2. The van der Waals surface area contributed by atoms with Crippen molar-refractivity contribution in [2.75, 3.05) is 6.61 Å². The molecule has 1 unspecified atom stereocenters. The van der Waals surface area contributed by atoms with E-state index in [1.807, 2.05) is 5.32 Å². The molecule has 0 saturated heterocycles. The van der Waals surface area contributed by atoms with Gasteiger partial charge in [0.2, 0.25) is 24.0 Å². The van der Waals surface area contributed by atoms with Gasteiger partial charge in [0, 0.05) is 11.5 Å². The number of hydrogen-bond donors (Lipinski definition) is 1. The van der Waals surface area contributed by atoms with Crippen LogP contribution in [0.4, 0.5) is 17.6 Å². The van der Waals surface area contributed by atoms with Crippen LogP contribution in [0.25, 0.3) is 0 Å². The van der Waals surface area contributed by atoms with Gasteiger partial charge in [-0.25, -0.2) is 9.97 Å². The number of imide groups is 1. The van der Waals surface area contributed by atoms with Crippen molar-refractivity contribution in [1.82, 2.24) is 15.3 Å². The number of halogens is 4. The number of rotatable bonds is 5. The Bertz CT molecular complexity index is 945. The van der Waals surface area contributed by atoms with Gasteiger partial charge in [0.1, 0.15) is 0 Å². The fourth-order valence-electron chi connectivity index (χ4n) is 2.67. The molecule has 29 heavy (non-hydrogen) atoms. The number of hydrogen-bond acceptors (Lipinski definition) is 6. The molecule has 11 heteroatoms. The summed E-state index contributed by atoms with van der Waals surface area (Å²) in [5.74, 6) is -3.70. The Kier molecular flexibility index (Phi) is 5.76. The van der Waals surface area contributed by atoms with Gasteiger partial charge in [-0.1, -0.05) is 12.1 Å². The van der Waals surface area contributed by atoms with E-state index < -0.39 is 23.7 Å². The van der Waals surface area contributed by atoms with E-state index in [0.717, 1.165) is 18.5 Å². The third-order valence-electron chi connectivity index (χ3n) is 3.96. The third kappa shape index (κ3) is 4.68. The lowest BCUT2D eigenvalue weighted by atomic mass is 9.92. The molecular formula is C18H13F4N3O4. The summed E-state index contributed by atoms with van der Waals surface area (Å²) in [6.07, 6.45) is 0.275. The van der Waals surface area contributed by atoms with Gasteiger partial charge in [0.05, 0.1) is 19.0 Å². The van der Waals surface area contributed by atoms with Crippen molar-refractivity contribution in [3.8, 4) is 17.2 Å². The predicted octanol–water partition coefficient (Wildman–Crippen LogP) is 3.12. The van der Waals surface area contributed by atoms with Gasteiger partial charge in [-0.15, -0.1) is 0 Å². The van der Waals surface area contributed by atoms with Gasteiger partial charge in [-0.05, 0) is 18.6 Å². The van der Waals surface area contributed by atoms with Crippen LogP contribution >= 0.6 is 0 Å². The Morgan fingerprint density at radius 1 is 1.28 bits per heavy atom. The highest BCUT2D eigenvalue weighted by Gasteiger charge is 2.34. The summed E-state index contributed by atoms with van der Waals surface area (Å²) < 4.78 is 62.9. The van der Waals surface area contributed by atoms with Crippen molar-refractivity contribution in [1.29, 1.82) is 0 Å². The Morgan fingerprint density at radius 3 is 2.66 bits per heavy atom. The van der Waals surface area contributed by atoms with Gasteiger partial charge in [0.25, 0.3) is 0 Å². The second-order valence-electron chi connectivity index (χ2n) is 5.87. The van der Waals surface area contributed by atoms with Crippen LogP contribution in [-0.2, 0) is 15.8 Å². The van der Waals surface area contributed by atoms with Crippen molar-refractivity contribution < 1.29 is 36.6 Å². The van der Waals surface area contributed by atoms with Crippen LogP contribution in [0.15, 0.2) is 36.7 Å². The van der Waals surface area contributed by atoms with Gasteiger partial charge in [-0.2, -0.15) is 17.6 Å². The van der Waals surface area contributed by atoms with E-state index in [9.17, 15) is 27.2 Å². The van der Waals surface area contributed by atoms with Crippen molar-refractivity contribution in [3.63, 3.8) is 0 Å². The molecule has 1 aromatic carbocycles. The van der Waals surface area contributed by atoms with Crippen LogP contribution in [0.1, 0.15) is 23.7 Å². The van der Waals surface area contributed by atoms with Gasteiger partial charge < -0.3 is 9.47 Å². The molecule has 0 bridgehead atoms. The molecule has 2 amide bonds. The van der Waals surface area contributed by atoms with Crippen LogP contribution in [0, 0.1) is 5.82 Å². The molecule has 1 aliphatic rings. The minimum Gasteiger partial charge on any atom is -0.490 e. The summed E-state index contributed by atoms with van der Waals surface area (Å²) in [6, 6.07) is 2.80. The standard InChI is InChI=1S/C18H13F4N3O4/c19-15-13(29-11-7-23-17(24-8-11)18(20,21)22)3-2-12-10(5-6-28-16(12)15)1-4-14(27)25-9-26/h1-4,7-10H,5-6H2,(H,25,26,27). The maximum Gasteiger partial charge on any atom is 0.451 e. The zero-order valence-electron chi connectivity index (χ0n) is 14.6. The average Bonchev–Trinajstić information content (AvgIpc) is 2.68. The Hall–Kier alpha value is -3.50. The first kappa shape index (κ1) is 20.2. The van der Waals surface area contributed by atoms with E-state index in [1.54, 1.807) is 0 Å². The first-order valence-corrected chi connectivity index (χ1v) is 8.24. The van der Waals surface area contributed by atoms with Crippen LogP contribution in [0.2, 0.25) is 0 Å². The molecule has 0 aliphatic carbocycles. The highest BCUT2D eigenvalue weighted by molar-refractivity contribution is 5.94. The van der Waals surface area contributed by atoms with E-state index in [-0.39, 0.29) is 36.2 Å². The monoisotopic (exact) mass is 411 g/mol. The largest absolute Gasteiger partial charge is 0.490 e. The molecule has 2 aromatic rings. The summed E-state index contributed by atoms with van der Waals surface area (Å²) in [6.45, 7) is 0.168. The fourth-order valence-corrected chi connectivity index (χ4v) is 2.67. The topological polar surface area (TPSA) is 90.4 Å². The van der Waals surface area contributed by atoms with E-state index in [2.05, 4.69) is 9.97 Å². The summed E-state index contributed by atoms with van der Waals surface area (Å²) in [5, 5.41) is 1.96. The number of allylic oxidation sites excluding steroid dienone is 1. The second-order valence-corrected chi connectivity index (χ2v) is 5.87. The average molecular weight is 411 g/mol. The molecule has 0 spiro atoms.